The maximum atomic E-state index is 12.2. The number of carbonyl (C=O) groups excluding carboxylic acids is 1. The van der Waals surface area contributed by atoms with Crippen molar-refractivity contribution < 1.29 is 24.6 Å². The van der Waals surface area contributed by atoms with Crippen molar-refractivity contribution >= 4 is 30.3 Å². The van der Waals surface area contributed by atoms with Crippen LogP contribution < -0.4 is 5.73 Å². The summed E-state index contributed by atoms with van der Waals surface area (Å²) in [5.74, 6) is -4.63. The third kappa shape index (κ3) is 3.10. The Bertz CT molecular complexity index is 577. The van der Waals surface area contributed by atoms with Gasteiger partial charge in [-0.05, 0) is 12.0 Å². The van der Waals surface area contributed by atoms with Crippen LogP contribution in [0.2, 0.25) is 0 Å². The number of hydrazine groups is 1. The number of amides is 1. The third-order valence-corrected chi connectivity index (χ3v) is 4.05. The zero-order valence-electron chi connectivity index (χ0n) is 12.6. The number of aliphatic carboxylic acids is 2. The molecular weight excluding hydrogens is 326 g/mol. The molecule has 0 radical (unpaired) electrons. The molecule has 0 aromatic heterocycles. The molecule has 0 bridgehead atoms. The molecule has 0 saturated carbocycles. The predicted octanol–water partition coefficient (Wildman–Crippen LogP) is 0.0600. The summed E-state index contributed by atoms with van der Waals surface area (Å²) in [6.07, 6.45) is 1.51. The zero-order chi connectivity index (χ0) is 16.6. The van der Waals surface area contributed by atoms with E-state index in [2.05, 4.69) is 6.58 Å². The molecule has 4 N–H and O–H groups in total. The van der Waals surface area contributed by atoms with Gasteiger partial charge in [0.2, 0.25) is 0 Å². The molecule has 23 heavy (non-hydrogen) atoms. The molecule has 0 aromatic carbocycles. The average Bonchev–Trinajstić information content (AvgIpc) is 2.90. The van der Waals surface area contributed by atoms with Crippen LogP contribution in [0.5, 0.6) is 0 Å². The Morgan fingerprint density at radius 1 is 1.43 bits per heavy atom. The Hall–Kier alpha value is -1.90. The van der Waals surface area contributed by atoms with Gasteiger partial charge in [-0.2, -0.15) is 0 Å². The molecule has 2 aliphatic rings. The van der Waals surface area contributed by atoms with Gasteiger partial charge in [0.1, 0.15) is 12.0 Å². The van der Waals surface area contributed by atoms with Gasteiger partial charge in [0.05, 0.1) is 11.6 Å². The van der Waals surface area contributed by atoms with Gasteiger partial charge in [0, 0.05) is 13.1 Å². The first-order valence-corrected chi connectivity index (χ1v) is 6.98. The van der Waals surface area contributed by atoms with E-state index < -0.39 is 35.7 Å². The molecule has 1 fully saturated rings. The van der Waals surface area contributed by atoms with Crippen molar-refractivity contribution in [2.75, 3.05) is 13.1 Å². The number of hydrogen-bond acceptors (Lipinski definition) is 5. The number of rotatable bonds is 6. The van der Waals surface area contributed by atoms with Crippen molar-refractivity contribution in [1.82, 2.24) is 10.0 Å². The van der Waals surface area contributed by atoms with Crippen molar-refractivity contribution in [1.29, 1.82) is 0 Å². The summed E-state index contributed by atoms with van der Waals surface area (Å²) in [5.41, 5.74) is 6.33. The number of halogens is 1. The van der Waals surface area contributed by atoms with Crippen molar-refractivity contribution in [2.45, 2.75) is 19.4 Å². The van der Waals surface area contributed by atoms with Gasteiger partial charge < -0.3 is 15.9 Å². The maximum Gasteiger partial charge on any atom is 0.316 e. The number of fused-ring (bicyclic) bond motifs is 1. The minimum atomic E-state index is -1.18. The molecule has 1 saturated heterocycles. The van der Waals surface area contributed by atoms with Crippen molar-refractivity contribution in [2.24, 2.45) is 17.6 Å². The highest BCUT2D eigenvalue weighted by molar-refractivity contribution is 5.89. The standard InChI is InChI=1S/C14H19N3O5.ClH/c1-3-7(13(19)20)9-5-16-6-10(15)12(18)17(16)11(9)8(4-2)14(21)22;/h4,7-8,10H,2-3,5-6,15H2,1H3,(H,19,20)(H,21,22);1H/t7?,8?,10-;/m0./s1. The second kappa shape index (κ2) is 7.12. The van der Waals surface area contributed by atoms with E-state index in [4.69, 9.17) is 5.73 Å². The van der Waals surface area contributed by atoms with Crippen molar-refractivity contribution in [3.8, 4) is 0 Å². The van der Waals surface area contributed by atoms with Gasteiger partial charge in [0.15, 0.2) is 0 Å². The molecule has 2 rings (SSSR count). The fourth-order valence-electron chi connectivity index (χ4n) is 3.02. The smallest absolute Gasteiger partial charge is 0.316 e. The van der Waals surface area contributed by atoms with Gasteiger partial charge >= 0.3 is 11.9 Å². The lowest BCUT2D eigenvalue weighted by Crippen LogP contribution is -2.38. The van der Waals surface area contributed by atoms with E-state index in [1.54, 1.807) is 11.9 Å². The number of carboxylic acid groups (broad SMARTS) is 2. The molecule has 0 spiro atoms. The monoisotopic (exact) mass is 345 g/mol. The van der Waals surface area contributed by atoms with Gasteiger partial charge in [-0.15, -0.1) is 19.0 Å². The van der Waals surface area contributed by atoms with Crippen LogP contribution in [-0.4, -0.2) is 57.2 Å². The van der Waals surface area contributed by atoms with Gasteiger partial charge in [-0.3, -0.25) is 14.4 Å². The van der Waals surface area contributed by atoms with E-state index in [9.17, 15) is 24.6 Å². The molecule has 0 aromatic rings. The van der Waals surface area contributed by atoms with Gasteiger partial charge in [0.25, 0.3) is 5.91 Å². The fraction of sp³-hybridized carbons (Fsp3) is 0.500. The van der Waals surface area contributed by atoms with Crippen molar-refractivity contribution in [3.05, 3.63) is 23.9 Å². The Labute approximate surface area is 139 Å². The summed E-state index contributed by atoms with van der Waals surface area (Å²) >= 11 is 0. The highest BCUT2D eigenvalue weighted by atomic mass is 35.5. The maximum absolute atomic E-state index is 12.2. The van der Waals surface area contributed by atoms with E-state index in [0.717, 1.165) is 0 Å². The molecular formula is C14H20ClN3O5. The first-order valence-electron chi connectivity index (χ1n) is 6.98. The van der Waals surface area contributed by atoms with Crippen LogP contribution in [-0.2, 0) is 14.4 Å². The van der Waals surface area contributed by atoms with Crippen LogP contribution in [0.1, 0.15) is 13.3 Å². The predicted molar refractivity (Wildman–Crippen MR) is 83.4 cm³/mol. The van der Waals surface area contributed by atoms with Crippen molar-refractivity contribution in [3.63, 3.8) is 0 Å². The first-order chi connectivity index (χ1) is 10.3. The van der Waals surface area contributed by atoms with E-state index in [0.29, 0.717) is 12.0 Å². The summed E-state index contributed by atoms with van der Waals surface area (Å²) in [5, 5.41) is 21.6. The fourth-order valence-corrected chi connectivity index (χ4v) is 3.02. The van der Waals surface area contributed by atoms with Crippen LogP contribution in [0.4, 0.5) is 0 Å². The molecule has 3 atom stereocenters. The van der Waals surface area contributed by atoms with Crippen LogP contribution in [0.25, 0.3) is 0 Å². The van der Waals surface area contributed by atoms with Crippen LogP contribution in [0.3, 0.4) is 0 Å². The Morgan fingerprint density at radius 2 is 2.04 bits per heavy atom. The summed E-state index contributed by atoms with van der Waals surface area (Å²) in [4.78, 5) is 35.2. The number of carboxylic acids is 2. The highest BCUT2D eigenvalue weighted by Crippen LogP contribution is 2.38. The molecule has 1 amide bonds. The summed E-state index contributed by atoms with van der Waals surface area (Å²) in [7, 11) is 0. The number of nitrogens with two attached hydrogens (primary N) is 1. The van der Waals surface area contributed by atoms with Gasteiger partial charge in [-0.25, -0.2) is 10.0 Å². The zero-order valence-corrected chi connectivity index (χ0v) is 13.5. The minimum absolute atomic E-state index is 0. The number of nitrogens with zero attached hydrogens (tertiary/aromatic N) is 2. The molecule has 2 aliphatic heterocycles. The highest BCUT2D eigenvalue weighted by Gasteiger charge is 2.48. The third-order valence-electron chi connectivity index (χ3n) is 4.05. The van der Waals surface area contributed by atoms with Crippen LogP contribution >= 0.6 is 12.4 Å². The lowest BCUT2D eigenvalue weighted by molar-refractivity contribution is -0.142. The lowest BCUT2D eigenvalue weighted by Gasteiger charge is -2.24. The Balaban J connectivity index is 0.00000264. The molecule has 9 heteroatoms. The van der Waals surface area contributed by atoms with Crippen LogP contribution in [0.15, 0.2) is 23.9 Å². The van der Waals surface area contributed by atoms with E-state index in [1.807, 2.05) is 0 Å². The van der Waals surface area contributed by atoms with Crippen LogP contribution in [0, 0.1) is 11.8 Å². The summed E-state index contributed by atoms with van der Waals surface area (Å²) in [6.45, 7) is 5.64. The quantitative estimate of drug-likeness (QED) is 0.581. The second-order valence-corrected chi connectivity index (χ2v) is 5.36. The second-order valence-electron chi connectivity index (χ2n) is 5.36. The Kier molecular flexibility index (Phi) is 5.92. The SMILES string of the molecule is C=CC(C(=O)O)C1=C(C(CC)C(=O)O)CN2C[C@H](N)C(=O)N12.Cl. The largest absolute Gasteiger partial charge is 0.481 e. The normalized spacial score (nSPS) is 23.3. The number of carbonyl (C=O) groups is 3. The van der Waals surface area contributed by atoms with E-state index in [-0.39, 0.29) is 31.2 Å². The Morgan fingerprint density at radius 3 is 2.48 bits per heavy atom. The number of hydrogen-bond donors (Lipinski definition) is 3. The summed E-state index contributed by atoms with van der Waals surface area (Å²) < 4.78 is 0. The molecule has 128 valence electrons. The molecule has 2 heterocycles. The minimum Gasteiger partial charge on any atom is -0.481 e. The van der Waals surface area contributed by atoms with E-state index >= 15 is 0 Å². The molecule has 2 unspecified atom stereocenters. The summed E-state index contributed by atoms with van der Waals surface area (Å²) in [6, 6.07) is -0.735. The lowest BCUT2D eigenvalue weighted by atomic mass is 9.90. The molecule has 8 nitrogen and oxygen atoms in total. The first kappa shape index (κ1) is 19.1. The average molecular weight is 346 g/mol. The van der Waals surface area contributed by atoms with E-state index in [1.165, 1.54) is 11.1 Å². The molecule has 0 aliphatic carbocycles. The topological polar surface area (TPSA) is 124 Å². The van der Waals surface area contributed by atoms with Gasteiger partial charge in [-0.1, -0.05) is 13.0 Å².